The summed E-state index contributed by atoms with van der Waals surface area (Å²) in [6.45, 7) is 15.7. The maximum Gasteiger partial charge on any atom is 0.243 e. The van der Waals surface area contributed by atoms with Crippen LogP contribution in [0.25, 0.3) is 0 Å². The fourth-order valence-electron chi connectivity index (χ4n) is 4.39. The molecule has 11 nitrogen and oxygen atoms in total. The van der Waals surface area contributed by atoms with Crippen molar-refractivity contribution in [3.05, 3.63) is 12.2 Å². The number of carbonyl (C=O) groups is 5. The highest BCUT2D eigenvalue weighted by Crippen LogP contribution is 2.11. The summed E-state index contributed by atoms with van der Waals surface area (Å²) in [5.41, 5.74) is 0.346. The fourth-order valence-corrected chi connectivity index (χ4v) is 5.05. The summed E-state index contributed by atoms with van der Waals surface area (Å²) >= 11 is 0. The summed E-state index contributed by atoms with van der Waals surface area (Å²) in [6, 6.07) is -3.39. The van der Waals surface area contributed by atoms with E-state index >= 15 is 0 Å². The predicted octanol–water partition coefficient (Wildman–Crippen LogP) is 0.636. The number of morpholine rings is 1. The lowest BCUT2D eigenvalue weighted by Crippen LogP contribution is -2.58. The second-order valence-electron chi connectivity index (χ2n) is 11.4. The Kier molecular flexibility index (Phi) is 17.5. The Labute approximate surface area is 249 Å². The minimum absolute atomic E-state index is 0.0639. The van der Waals surface area contributed by atoms with Gasteiger partial charge in [-0.05, 0) is 55.9 Å². The van der Waals surface area contributed by atoms with E-state index in [0.29, 0.717) is 57.3 Å². The SMILES string of the molecule is C=C(C)C(=O)[C@H](CC(C)C)NC(=O)[C@H](CP)NC(=O)[C@H](CC(C)C)NC(=O)[C@H](CCP)NC(=O)CN1CCOCC1. The summed E-state index contributed by atoms with van der Waals surface area (Å²) < 4.78 is 5.32. The van der Waals surface area contributed by atoms with Gasteiger partial charge < -0.3 is 26.0 Å². The Hall–Kier alpha value is -1.93. The van der Waals surface area contributed by atoms with Gasteiger partial charge in [0.25, 0.3) is 0 Å². The van der Waals surface area contributed by atoms with Crippen LogP contribution in [0.4, 0.5) is 0 Å². The van der Waals surface area contributed by atoms with Gasteiger partial charge in [-0.2, -0.15) is 0 Å². The van der Waals surface area contributed by atoms with Crippen molar-refractivity contribution < 1.29 is 28.7 Å². The lowest BCUT2D eigenvalue weighted by atomic mass is 9.97. The number of carbonyl (C=O) groups excluding carboxylic acids is 5. The fraction of sp³-hybridized carbons (Fsp3) is 0.750. The van der Waals surface area contributed by atoms with Crippen LogP contribution in [0.15, 0.2) is 12.2 Å². The molecule has 234 valence electrons. The van der Waals surface area contributed by atoms with Crippen molar-refractivity contribution in [2.45, 2.75) is 78.0 Å². The molecule has 0 aromatic rings. The van der Waals surface area contributed by atoms with Crippen LogP contribution >= 0.6 is 18.5 Å². The molecule has 0 saturated carbocycles. The molecule has 4 amide bonds. The Balaban J connectivity index is 2.93. The third-order valence-corrected chi connectivity index (χ3v) is 7.35. The Morgan fingerprint density at radius 3 is 1.78 bits per heavy atom. The zero-order chi connectivity index (χ0) is 31.1. The molecular weight excluding hydrogens is 564 g/mol. The van der Waals surface area contributed by atoms with Crippen LogP contribution in [-0.4, -0.2) is 104 Å². The zero-order valence-corrected chi connectivity index (χ0v) is 27.6. The molecule has 4 N–H and O–H groups in total. The Morgan fingerprint density at radius 1 is 0.780 bits per heavy atom. The summed E-state index contributed by atoms with van der Waals surface area (Å²) in [6.07, 6.45) is 1.94. The molecule has 0 spiro atoms. The van der Waals surface area contributed by atoms with Crippen LogP contribution in [0.1, 0.15) is 53.9 Å². The smallest absolute Gasteiger partial charge is 0.243 e. The molecule has 1 rings (SSSR count). The normalized spacial score (nSPS) is 16.8. The molecule has 0 bridgehead atoms. The van der Waals surface area contributed by atoms with E-state index in [1.807, 2.05) is 32.6 Å². The summed E-state index contributed by atoms with van der Waals surface area (Å²) in [4.78, 5) is 67.0. The predicted molar refractivity (Wildman–Crippen MR) is 167 cm³/mol. The molecule has 0 aliphatic carbocycles. The Morgan fingerprint density at radius 2 is 1.27 bits per heavy atom. The Bertz CT molecular complexity index is 910. The minimum atomic E-state index is -0.928. The van der Waals surface area contributed by atoms with Crippen LogP contribution in [0.5, 0.6) is 0 Å². The van der Waals surface area contributed by atoms with Gasteiger partial charge in [-0.25, -0.2) is 0 Å². The highest BCUT2D eigenvalue weighted by Gasteiger charge is 2.31. The summed E-state index contributed by atoms with van der Waals surface area (Å²) in [5, 5.41) is 11.1. The molecule has 1 aliphatic rings. The van der Waals surface area contributed by atoms with Gasteiger partial charge >= 0.3 is 0 Å². The number of nitrogens with zero attached hydrogens (tertiary/aromatic N) is 1. The van der Waals surface area contributed by atoms with Crippen molar-refractivity contribution in [1.29, 1.82) is 0 Å². The molecule has 1 fully saturated rings. The average molecular weight is 616 g/mol. The van der Waals surface area contributed by atoms with Gasteiger partial charge in [0.15, 0.2) is 5.78 Å². The van der Waals surface area contributed by atoms with E-state index in [9.17, 15) is 24.0 Å². The first-order valence-corrected chi connectivity index (χ1v) is 16.0. The van der Waals surface area contributed by atoms with Crippen molar-refractivity contribution in [3.63, 3.8) is 0 Å². The molecule has 41 heavy (non-hydrogen) atoms. The molecule has 1 heterocycles. The number of Topliss-reactive ketones (excluding diaryl/α,β-unsaturated/α-hetero) is 1. The zero-order valence-electron chi connectivity index (χ0n) is 25.3. The molecule has 2 unspecified atom stereocenters. The first-order chi connectivity index (χ1) is 19.3. The van der Waals surface area contributed by atoms with E-state index in [1.54, 1.807) is 6.92 Å². The molecule has 0 radical (unpaired) electrons. The first kappa shape index (κ1) is 37.1. The maximum absolute atomic E-state index is 13.4. The van der Waals surface area contributed by atoms with E-state index in [4.69, 9.17) is 4.74 Å². The third-order valence-electron chi connectivity index (χ3n) is 6.55. The number of rotatable bonds is 18. The monoisotopic (exact) mass is 615 g/mol. The lowest BCUT2D eigenvalue weighted by molar-refractivity contribution is -0.134. The number of nitrogens with one attached hydrogen (secondary N) is 4. The number of hydrogen-bond acceptors (Lipinski definition) is 7. The molecule has 1 saturated heterocycles. The van der Waals surface area contributed by atoms with E-state index < -0.39 is 41.9 Å². The van der Waals surface area contributed by atoms with Crippen LogP contribution in [0.2, 0.25) is 0 Å². The van der Waals surface area contributed by atoms with Gasteiger partial charge in [0, 0.05) is 13.1 Å². The van der Waals surface area contributed by atoms with Crippen molar-refractivity contribution in [2.24, 2.45) is 11.8 Å². The number of ketones is 1. The van der Waals surface area contributed by atoms with Crippen LogP contribution in [-0.2, 0) is 28.7 Å². The molecule has 0 aromatic carbocycles. The lowest BCUT2D eigenvalue weighted by Gasteiger charge is -2.28. The van der Waals surface area contributed by atoms with Gasteiger partial charge in [-0.1, -0.05) is 34.3 Å². The van der Waals surface area contributed by atoms with Gasteiger partial charge in [-0.3, -0.25) is 28.9 Å². The van der Waals surface area contributed by atoms with Crippen LogP contribution < -0.4 is 21.3 Å². The van der Waals surface area contributed by atoms with Crippen molar-refractivity contribution in [2.75, 3.05) is 45.2 Å². The second-order valence-corrected chi connectivity index (χ2v) is 12.5. The molecule has 1 aliphatic heterocycles. The second kappa shape index (κ2) is 19.3. The average Bonchev–Trinajstić information content (AvgIpc) is 2.89. The van der Waals surface area contributed by atoms with Gasteiger partial charge in [0.2, 0.25) is 23.6 Å². The van der Waals surface area contributed by atoms with E-state index in [1.165, 1.54) is 0 Å². The van der Waals surface area contributed by atoms with Gasteiger partial charge in [-0.15, -0.1) is 18.5 Å². The van der Waals surface area contributed by atoms with Crippen LogP contribution in [0, 0.1) is 11.8 Å². The van der Waals surface area contributed by atoms with E-state index in [-0.39, 0.29) is 36.2 Å². The number of ether oxygens (including phenoxy) is 1. The molecule has 6 atom stereocenters. The third kappa shape index (κ3) is 14.2. The largest absolute Gasteiger partial charge is 0.379 e. The standard InChI is InChI=1S/C28H51N5O6P2/c1-17(2)13-21(25(35)19(5)6)30-28(38)23(16-41)32-27(37)22(14-18(3)4)31-26(36)20(7-12-40)29-24(34)15-33-8-10-39-11-9-33/h17-18,20-23H,5,7-16,40-41H2,1-4,6H3,(H,29,34)(H,30,38)(H,31,36)(H,32,37)/t20-,21-,22-,23-/m0/s1. The van der Waals surface area contributed by atoms with E-state index in [2.05, 4.69) is 46.3 Å². The topological polar surface area (TPSA) is 146 Å². The molecule has 0 aromatic heterocycles. The summed E-state index contributed by atoms with van der Waals surface area (Å²) in [7, 11) is 4.99. The first-order valence-electron chi connectivity index (χ1n) is 14.4. The highest BCUT2D eigenvalue weighted by atomic mass is 31.0. The van der Waals surface area contributed by atoms with Crippen molar-refractivity contribution in [1.82, 2.24) is 26.2 Å². The number of hydrogen-bond donors (Lipinski definition) is 4. The molecule has 13 heteroatoms. The van der Waals surface area contributed by atoms with Crippen molar-refractivity contribution >= 4 is 47.9 Å². The highest BCUT2D eigenvalue weighted by molar-refractivity contribution is 7.16. The minimum Gasteiger partial charge on any atom is -0.379 e. The van der Waals surface area contributed by atoms with E-state index in [0.717, 1.165) is 0 Å². The quantitative estimate of drug-likeness (QED) is 0.131. The summed E-state index contributed by atoms with van der Waals surface area (Å²) in [5.74, 6) is -1.75. The van der Waals surface area contributed by atoms with Gasteiger partial charge in [0.05, 0.1) is 25.8 Å². The maximum atomic E-state index is 13.4. The number of amides is 4. The van der Waals surface area contributed by atoms with Gasteiger partial charge in [0.1, 0.15) is 18.1 Å². The van der Waals surface area contributed by atoms with Crippen LogP contribution in [0.3, 0.4) is 0 Å². The van der Waals surface area contributed by atoms with Crippen molar-refractivity contribution in [3.8, 4) is 0 Å². The molecular formula is C28H51N5O6P2.